The maximum Gasteiger partial charge on any atom is 0.191 e. The van der Waals surface area contributed by atoms with Gasteiger partial charge in [0, 0.05) is 35.4 Å². The minimum atomic E-state index is 0. The SMILES string of the molecule is CCNC(=NCc1ccc(C)s1)NCC1CCCOC1C(C)(C)C.I. The van der Waals surface area contributed by atoms with Gasteiger partial charge in [0.25, 0.3) is 0 Å². The van der Waals surface area contributed by atoms with Gasteiger partial charge in [-0.05, 0) is 44.2 Å². The predicted molar refractivity (Wildman–Crippen MR) is 119 cm³/mol. The first-order valence-electron chi connectivity index (χ1n) is 9.09. The maximum atomic E-state index is 6.08. The molecule has 1 aromatic heterocycles. The molecule has 2 atom stereocenters. The molecule has 0 spiro atoms. The molecule has 144 valence electrons. The zero-order chi connectivity index (χ0) is 17.6. The van der Waals surface area contributed by atoms with Crippen LogP contribution in [0.2, 0.25) is 0 Å². The Morgan fingerprint density at radius 2 is 2.08 bits per heavy atom. The van der Waals surface area contributed by atoms with E-state index in [1.54, 1.807) is 0 Å². The van der Waals surface area contributed by atoms with Crippen molar-refractivity contribution in [3.05, 3.63) is 21.9 Å². The van der Waals surface area contributed by atoms with Gasteiger partial charge in [-0.15, -0.1) is 35.3 Å². The van der Waals surface area contributed by atoms with E-state index in [1.807, 2.05) is 11.3 Å². The molecule has 0 saturated carbocycles. The van der Waals surface area contributed by atoms with Crippen LogP contribution in [-0.2, 0) is 11.3 Å². The fourth-order valence-electron chi connectivity index (χ4n) is 3.31. The quantitative estimate of drug-likeness (QED) is 0.370. The van der Waals surface area contributed by atoms with Gasteiger partial charge in [-0.3, -0.25) is 0 Å². The summed E-state index contributed by atoms with van der Waals surface area (Å²) in [4.78, 5) is 7.38. The lowest BCUT2D eigenvalue weighted by Gasteiger charge is -2.40. The lowest BCUT2D eigenvalue weighted by Crippen LogP contribution is -2.47. The third-order valence-electron chi connectivity index (χ3n) is 4.36. The summed E-state index contributed by atoms with van der Waals surface area (Å²) in [7, 11) is 0. The van der Waals surface area contributed by atoms with Crippen molar-refractivity contribution in [2.24, 2.45) is 16.3 Å². The highest BCUT2D eigenvalue weighted by Crippen LogP contribution is 2.33. The van der Waals surface area contributed by atoms with Crippen LogP contribution in [0.5, 0.6) is 0 Å². The average Bonchev–Trinajstić information content (AvgIpc) is 2.95. The van der Waals surface area contributed by atoms with Gasteiger partial charge in [0.2, 0.25) is 0 Å². The second kappa shape index (κ2) is 10.7. The molecule has 0 amide bonds. The van der Waals surface area contributed by atoms with Crippen molar-refractivity contribution in [2.75, 3.05) is 19.7 Å². The zero-order valence-electron chi connectivity index (χ0n) is 16.2. The molecule has 1 saturated heterocycles. The number of aliphatic imine (C=N–C) groups is 1. The molecule has 4 nitrogen and oxygen atoms in total. The second-order valence-corrected chi connectivity index (χ2v) is 9.02. The molecule has 2 N–H and O–H groups in total. The standard InChI is InChI=1S/C19H33N3OS.HI/c1-6-20-18(22-13-16-10-9-14(2)24-16)21-12-15-8-7-11-23-17(15)19(3,4)5;/h9-10,15,17H,6-8,11-13H2,1-5H3,(H2,20,21,22);1H. The molecular weight excluding hydrogens is 445 g/mol. The van der Waals surface area contributed by atoms with E-state index in [4.69, 9.17) is 9.73 Å². The minimum absolute atomic E-state index is 0. The summed E-state index contributed by atoms with van der Waals surface area (Å²) >= 11 is 1.82. The molecule has 2 unspecified atom stereocenters. The van der Waals surface area contributed by atoms with E-state index in [2.05, 4.69) is 57.4 Å². The largest absolute Gasteiger partial charge is 0.377 e. The number of hydrogen-bond acceptors (Lipinski definition) is 3. The predicted octanol–water partition coefficient (Wildman–Crippen LogP) is 4.57. The fourth-order valence-corrected chi connectivity index (χ4v) is 4.12. The van der Waals surface area contributed by atoms with Crippen molar-refractivity contribution < 1.29 is 4.74 Å². The number of halogens is 1. The van der Waals surface area contributed by atoms with Gasteiger partial charge in [-0.1, -0.05) is 20.8 Å². The third kappa shape index (κ3) is 7.43. The Morgan fingerprint density at radius 1 is 1.32 bits per heavy atom. The Hall–Kier alpha value is -0.340. The Balaban J connectivity index is 0.00000312. The molecule has 2 rings (SSSR count). The van der Waals surface area contributed by atoms with Crippen molar-refractivity contribution in [3.63, 3.8) is 0 Å². The van der Waals surface area contributed by atoms with Gasteiger partial charge in [0.1, 0.15) is 0 Å². The normalized spacial score (nSPS) is 21.6. The zero-order valence-corrected chi connectivity index (χ0v) is 19.4. The van der Waals surface area contributed by atoms with Crippen LogP contribution in [0.25, 0.3) is 0 Å². The number of aryl methyl sites for hydroxylation is 1. The molecular formula is C19H34IN3OS. The number of thiophene rings is 1. The average molecular weight is 479 g/mol. The van der Waals surface area contributed by atoms with Crippen molar-refractivity contribution in [3.8, 4) is 0 Å². The molecule has 0 bridgehead atoms. The van der Waals surface area contributed by atoms with E-state index >= 15 is 0 Å². The highest BCUT2D eigenvalue weighted by Gasteiger charge is 2.35. The topological polar surface area (TPSA) is 45.7 Å². The Labute approximate surface area is 174 Å². The molecule has 6 heteroatoms. The summed E-state index contributed by atoms with van der Waals surface area (Å²) in [6.07, 6.45) is 2.68. The number of nitrogens with zero attached hydrogens (tertiary/aromatic N) is 1. The molecule has 1 aromatic rings. The van der Waals surface area contributed by atoms with Crippen LogP contribution in [0.15, 0.2) is 17.1 Å². The van der Waals surface area contributed by atoms with Gasteiger partial charge in [0.05, 0.1) is 12.6 Å². The third-order valence-corrected chi connectivity index (χ3v) is 5.35. The van der Waals surface area contributed by atoms with E-state index in [1.165, 1.54) is 16.2 Å². The van der Waals surface area contributed by atoms with Crippen LogP contribution < -0.4 is 10.6 Å². The van der Waals surface area contributed by atoms with Crippen molar-refractivity contribution in [2.45, 2.75) is 60.1 Å². The molecule has 0 aromatic carbocycles. The van der Waals surface area contributed by atoms with Crippen LogP contribution >= 0.6 is 35.3 Å². The Morgan fingerprint density at radius 3 is 2.68 bits per heavy atom. The first-order chi connectivity index (χ1) is 11.4. The lowest BCUT2D eigenvalue weighted by molar-refractivity contribution is -0.0835. The van der Waals surface area contributed by atoms with Crippen LogP contribution in [0, 0.1) is 18.3 Å². The van der Waals surface area contributed by atoms with E-state index in [9.17, 15) is 0 Å². The molecule has 0 radical (unpaired) electrons. The van der Waals surface area contributed by atoms with Crippen LogP contribution in [0.1, 0.15) is 50.3 Å². The smallest absolute Gasteiger partial charge is 0.191 e. The molecule has 1 aliphatic heterocycles. The van der Waals surface area contributed by atoms with Gasteiger partial charge >= 0.3 is 0 Å². The van der Waals surface area contributed by atoms with E-state index in [-0.39, 0.29) is 29.4 Å². The van der Waals surface area contributed by atoms with Gasteiger partial charge < -0.3 is 15.4 Å². The summed E-state index contributed by atoms with van der Waals surface area (Å²) in [5.74, 6) is 1.44. The maximum absolute atomic E-state index is 6.08. The Kier molecular flexibility index (Phi) is 9.74. The number of hydrogen-bond donors (Lipinski definition) is 2. The highest BCUT2D eigenvalue weighted by atomic mass is 127. The first kappa shape index (κ1) is 22.7. The summed E-state index contributed by atoms with van der Waals surface area (Å²) in [6.45, 7) is 14.5. The fraction of sp³-hybridized carbons (Fsp3) is 0.737. The highest BCUT2D eigenvalue weighted by molar-refractivity contribution is 14.0. The first-order valence-corrected chi connectivity index (χ1v) is 9.91. The van der Waals surface area contributed by atoms with Crippen molar-refractivity contribution in [1.82, 2.24) is 10.6 Å². The number of rotatable bonds is 5. The van der Waals surface area contributed by atoms with Crippen molar-refractivity contribution >= 4 is 41.3 Å². The van der Waals surface area contributed by atoms with Crippen molar-refractivity contribution in [1.29, 1.82) is 0 Å². The summed E-state index contributed by atoms with van der Waals surface area (Å²) in [5.41, 5.74) is 0.177. The second-order valence-electron chi connectivity index (χ2n) is 7.65. The number of guanidine groups is 1. The van der Waals surface area contributed by atoms with E-state index in [0.717, 1.165) is 38.6 Å². The van der Waals surface area contributed by atoms with Crippen LogP contribution in [0.3, 0.4) is 0 Å². The molecule has 2 heterocycles. The molecule has 1 fully saturated rings. The molecule has 0 aliphatic carbocycles. The number of nitrogens with one attached hydrogen (secondary N) is 2. The van der Waals surface area contributed by atoms with Crippen LogP contribution in [0.4, 0.5) is 0 Å². The van der Waals surface area contributed by atoms with Gasteiger partial charge in [0.15, 0.2) is 5.96 Å². The van der Waals surface area contributed by atoms with Crippen LogP contribution in [-0.4, -0.2) is 31.8 Å². The monoisotopic (exact) mass is 479 g/mol. The van der Waals surface area contributed by atoms with E-state index in [0.29, 0.717) is 12.0 Å². The number of ether oxygens (including phenoxy) is 1. The molecule has 1 aliphatic rings. The summed E-state index contributed by atoms with van der Waals surface area (Å²) < 4.78 is 6.08. The van der Waals surface area contributed by atoms with Gasteiger partial charge in [-0.25, -0.2) is 4.99 Å². The Bertz CT molecular complexity index is 539. The van der Waals surface area contributed by atoms with Gasteiger partial charge in [-0.2, -0.15) is 0 Å². The van der Waals surface area contributed by atoms with E-state index < -0.39 is 0 Å². The summed E-state index contributed by atoms with van der Waals surface area (Å²) in [6, 6.07) is 4.32. The lowest BCUT2D eigenvalue weighted by atomic mass is 9.78. The minimum Gasteiger partial charge on any atom is -0.377 e. The summed E-state index contributed by atoms with van der Waals surface area (Å²) in [5, 5.41) is 6.89. The molecule has 25 heavy (non-hydrogen) atoms.